The molecule has 0 heterocycles. The number of benzene rings is 1. The highest BCUT2D eigenvalue weighted by Crippen LogP contribution is 2.51. The van der Waals surface area contributed by atoms with Crippen molar-refractivity contribution in [3.8, 4) is 0 Å². The smallest absolute Gasteiger partial charge is 0.0131 e. The van der Waals surface area contributed by atoms with Gasteiger partial charge in [-0.3, -0.25) is 0 Å². The van der Waals surface area contributed by atoms with Gasteiger partial charge in [0.2, 0.25) is 0 Å². The Morgan fingerprint density at radius 3 is 1.83 bits per heavy atom. The molecule has 0 radical (unpaired) electrons. The molecule has 23 heavy (non-hydrogen) atoms. The summed E-state index contributed by atoms with van der Waals surface area (Å²) in [5, 5.41) is 0. The molecule has 1 aromatic rings. The first-order valence-electron chi connectivity index (χ1n) is 9.82. The Balaban J connectivity index is 2.01. The molecule has 2 fully saturated rings. The van der Waals surface area contributed by atoms with Crippen molar-refractivity contribution < 1.29 is 0 Å². The van der Waals surface area contributed by atoms with Gasteiger partial charge < -0.3 is 0 Å². The summed E-state index contributed by atoms with van der Waals surface area (Å²) in [5.74, 6) is 2.81. The Morgan fingerprint density at radius 1 is 0.696 bits per heavy atom. The van der Waals surface area contributed by atoms with Crippen LogP contribution in [0.15, 0.2) is 18.2 Å². The van der Waals surface area contributed by atoms with Crippen LogP contribution in [0.25, 0.3) is 0 Å². The van der Waals surface area contributed by atoms with Crippen LogP contribution < -0.4 is 0 Å². The standard InChI is InChI=1S/C23H36/c1-22(2,3)18-13-17(14-19(15-18)23(4,5)6)21-12-11-16-9-7-8-10-20(16)21/h13-16,20-21H,7-12H2,1-6H3. The van der Waals surface area contributed by atoms with Crippen LogP contribution in [0, 0.1) is 11.8 Å². The average molecular weight is 313 g/mol. The highest BCUT2D eigenvalue weighted by molar-refractivity contribution is 5.39. The maximum absolute atomic E-state index is 2.55. The first kappa shape index (κ1) is 17.1. The molecule has 0 aromatic heterocycles. The van der Waals surface area contributed by atoms with Crippen molar-refractivity contribution in [1.82, 2.24) is 0 Å². The molecule has 0 aliphatic heterocycles. The van der Waals surface area contributed by atoms with Crippen LogP contribution in [-0.2, 0) is 10.8 Å². The van der Waals surface area contributed by atoms with Gasteiger partial charge in [0.15, 0.2) is 0 Å². The lowest BCUT2D eigenvalue weighted by Gasteiger charge is -2.32. The van der Waals surface area contributed by atoms with Gasteiger partial charge in [-0.25, -0.2) is 0 Å². The Labute approximate surface area is 144 Å². The molecular formula is C23H36. The van der Waals surface area contributed by atoms with E-state index >= 15 is 0 Å². The summed E-state index contributed by atoms with van der Waals surface area (Å²) in [5.41, 5.74) is 5.18. The molecule has 3 rings (SSSR count). The molecule has 0 spiro atoms. The van der Waals surface area contributed by atoms with E-state index < -0.39 is 0 Å². The van der Waals surface area contributed by atoms with E-state index in [1.165, 1.54) is 49.7 Å². The first-order chi connectivity index (χ1) is 10.7. The van der Waals surface area contributed by atoms with Crippen molar-refractivity contribution in [2.75, 3.05) is 0 Å². The Hall–Kier alpha value is -0.780. The second-order valence-electron chi connectivity index (χ2n) is 10.2. The van der Waals surface area contributed by atoms with Crippen molar-refractivity contribution in [2.45, 2.75) is 96.8 Å². The largest absolute Gasteiger partial charge is 0.0561 e. The maximum atomic E-state index is 2.55. The minimum atomic E-state index is 0.237. The third kappa shape index (κ3) is 3.52. The van der Waals surface area contributed by atoms with Crippen LogP contribution in [0.3, 0.4) is 0 Å². The molecule has 0 bridgehead atoms. The molecule has 0 nitrogen and oxygen atoms in total. The molecule has 0 amide bonds. The number of rotatable bonds is 1. The lowest BCUT2D eigenvalue weighted by atomic mass is 9.73. The molecule has 2 saturated carbocycles. The summed E-state index contributed by atoms with van der Waals surface area (Å²) in [4.78, 5) is 0. The molecule has 0 heteroatoms. The van der Waals surface area contributed by atoms with Crippen molar-refractivity contribution in [1.29, 1.82) is 0 Å². The van der Waals surface area contributed by atoms with E-state index in [0.717, 1.165) is 17.8 Å². The maximum Gasteiger partial charge on any atom is -0.0131 e. The number of fused-ring (bicyclic) bond motifs is 1. The SMILES string of the molecule is CC(C)(C)c1cc(C2CCC3CCCCC32)cc(C(C)(C)C)c1. The molecule has 128 valence electrons. The van der Waals surface area contributed by atoms with Crippen molar-refractivity contribution in [3.63, 3.8) is 0 Å². The van der Waals surface area contributed by atoms with Gasteiger partial charge in [-0.2, -0.15) is 0 Å². The fourth-order valence-corrected chi connectivity index (χ4v) is 4.88. The van der Waals surface area contributed by atoms with Crippen LogP contribution in [0.2, 0.25) is 0 Å². The molecule has 3 unspecified atom stereocenters. The Morgan fingerprint density at radius 2 is 1.26 bits per heavy atom. The van der Waals surface area contributed by atoms with Gasteiger partial charge in [-0.1, -0.05) is 79.0 Å². The quantitative estimate of drug-likeness (QED) is 0.525. The van der Waals surface area contributed by atoms with Crippen molar-refractivity contribution in [2.24, 2.45) is 11.8 Å². The van der Waals surface area contributed by atoms with E-state index in [0.29, 0.717) is 0 Å². The zero-order valence-electron chi connectivity index (χ0n) is 16.2. The fourth-order valence-electron chi connectivity index (χ4n) is 4.88. The zero-order valence-corrected chi connectivity index (χ0v) is 16.2. The summed E-state index contributed by atoms with van der Waals surface area (Å²) in [7, 11) is 0. The van der Waals surface area contributed by atoms with Gasteiger partial charge in [0.05, 0.1) is 0 Å². The van der Waals surface area contributed by atoms with Crippen LogP contribution in [0.5, 0.6) is 0 Å². The van der Waals surface area contributed by atoms with E-state index in [-0.39, 0.29) is 10.8 Å². The van der Waals surface area contributed by atoms with E-state index in [2.05, 4.69) is 59.7 Å². The Bertz CT molecular complexity index is 520. The predicted molar refractivity (Wildman–Crippen MR) is 101 cm³/mol. The molecule has 1 aromatic carbocycles. The normalized spacial score (nSPS) is 28.7. The second-order valence-corrected chi connectivity index (χ2v) is 10.2. The summed E-state index contributed by atoms with van der Waals surface area (Å²) in [6.07, 6.45) is 8.80. The van der Waals surface area contributed by atoms with Crippen molar-refractivity contribution in [3.05, 3.63) is 34.9 Å². The van der Waals surface area contributed by atoms with Crippen LogP contribution >= 0.6 is 0 Å². The third-order valence-electron chi connectivity index (χ3n) is 6.45. The molecule has 2 aliphatic carbocycles. The van der Waals surface area contributed by atoms with Crippen LogP contribution in [0.1, 0.15) is 103 Å². The molecule has 0 N–H and O–H groups in total. The van der Waals surface area contributed by atoms with E-state index in [4.69, 9.17) is 0 Å². The van der Waals surface area contributed by atoms with E-state index in [1.807, 2.05) is 0 Å². The summed E-state index contributed by atoms with van der Waals surface area (Å²) in [6.45, 7) is 14.1. The minimum Gasteiger partial charge on any atom is -0.0561 e. The van der Waals surface area contributed by atoms with E-state index in [9.17, 15) is 0 Å². The fraction of sp³-hybridized carbons (Fsp3) is 0.739. The highest BCUT2D eigenvalue weighted by Gasteiger charge is 2.38. The van der Waals surface area contributed by atoms with Crippen LogP contribution in [0.4, 0.5) is 0 Å². The van der Waals surface area contributed by atoms with Gasteiger partial charge in [-0.15, -0.1) is 0 Å². The predicted octanol–water partition coefficient (Wildman–Crippen LogP) is 6.97. The average Bonchev–Trinajstić information content (AvgIpc) is 2.89. The third-order valence-corrected chi connectivity index (χ3v) is 6.45. The Kier molecular flexibility index (Phi) is 4.40. The van der Waals surface area contributed by atoms with Gasteiger partial charge >= 0.3 is 0 Å². The summed E-state index contributed by atoms with van der Waals surface area (Å²) >= 11 is 0. The van der Waals surface area contributed by atoms with Crippen LogP contribution in [-0.4, -0.2) is 0 Å². The number of hydrogen-bond acceptors (Lipinski definition) is 0. The van der Waals surface area contributed by atoms with Gasteiger partial charge in [0.1, 0.15) is 0 Å². The van der Waals surface area contributed by atoms with Gasteiger partial charge in [0, 0.05) is 0 Å². The molecule has 3 atom stereocenters. The van der Waals surface area contributed by atoms with Gasteiger partial charge in [-0.05, 0) is 64.5 Å². The lowest BCUT2D eigenvalue weighted by molar-refractivity contribution is 0.259. The monoisotopic (exact) mass is 312 g/mol. The second kappa shape index (κ2) is 5.94. The molecule has 2 aliphatic rings. The molecular weight excluding hydrogens is 276 g/mol. The van der Waals surface area contributed by atoms with E-state index in [1.54, 1.807) is 5.56 Å². The highest BCUT2D eigenvalue weighted by atomic mass is 14.4. The lowest BCUT2D eigenvalue weighted by Crippen LogP contribution is -2.21. The summed E-state index contributed by atoms with van der Waals surface area (Å²) < 4.78 is 0. The zero-order chi connectivity index (χ0) is 16.8. The first-order valence-corrected chi connectivity index (χ1v) is 9.82. The van der Waals surface area contributed by atoms with Gasteiger partial charge in [0.25, 0.3) is 0 Å². The van der Waals surface area contributed by atoms with Crippen molar-refractivity contribution >= 4 is 0 Å². The summed E-state index contributed by atoms with van der Waals surface area (Å²) in [6, 6.07) is 7.57. The topological polar surface area (TPSA) is 0 Å². The number of hydrogen-bond donors (Lipinski definition) is 0. The molecule has 0 saturated heterocycles. The minimum absolute atomic E-state index is 0.237.